The van der Waals surface area contributed by atoms with E-state index in [1.54, 1.807) is 35.2 Å². The Morgan fingerprint density at radius 1 is 1.14 bits per heavy atom. The smallest absolute Gasteiger partial charge is 0.264 e. The summed E-state index contributed by atoms with van der Waals surface area (Å²) < 4.78 is 14.0. The molecule has 1 N–H and O–H groups in total. The fraction of sp³-hybridized carbons (Fsp3) is 0.429. The molecule has 0 saturated carbocycles. The quantitative estimate of drug-likeness (QED) is 0.806. The molecular weight excluding hydrogens is 377 g/mol. The van der Waals surface area contributed by atoms with Crippen LogP contribution in [0.2, 0.25) is 0 Å². The second-order valence-electron chi connectivity index (χ2n) is 7.09. The van der Waals surface area contributed by atoms with Crippen LogP contribution in [0, 0.1) is 5.82 Å². The Labute approximate surface area is 169 Å². The topological polar surface area (TPSA) is 52.7 Å². The Balaban J connectivity index is 1.54. The predicted octanol–water partition coefficient (Wildman–Crippen LogP) is 3.23. The monoisotopic (exact) mass is 403 g/mol. The van der Waals surface area contributed by atoms with Crippen molar-refractivity contribution in [2.24, 2.45) is 0 Å². The molecule has 1 aliphatic rings. The number of carbonyl (C=O) groups is 2. The van der Waals surface area contributed by atoms with Gasteiger partial charge in [-0.05, 0) is 31.5 Å². The largest absolute Gasteiger partial charge is 0.353 e. The summed E-state index contributed by atoms with van der Waals surface area (Å²) in [6.45, 7) is 6.91. The molecule has 7 heteroatoms. The van der Waals surface area contributed by atoms with Crippen LogP contribution in [0.1, 0.15) is 29.9 Å². The van der Waals surface area contributed by atoms with Crippen molar-refractivity contribution in [3.8, 4) is 10.4 Å². The van der Waals surface area contributed by atoms with E-state index in [0.717, 1.165) is 11.3 Å². The van der Waals surface area contributed by atoms with Crippen LogP contribution in [0.25, 0.3) is 10.4 Å². The van der Waals surface area contributed by atoms with Gasteiger partial charge in [-0.2, -0.15) is 0 Å². The van der Waals surface area contributed by atoms with Crippen molar-refractivity contribution in [3.63, 3.8) is 0 Å². The van der Waals surface area contributed by atoms with Gasteiger partial charge in [0.1, 0.15) is 5.82 Å². The van der Waals surface area contributed by atoms with E-state index >= 15 is 0 Å². The average Bonchev–Trinajstić information content (AvgIpc) is 3.18. The van der Waals surface area contributed by atoms with Gasteiger partial charge in [0.15, 0.2) is 0 Å². The summed E-state index contributed by atoms with van der Waals surface area (Å²) in [5, 5.41) is 2.97. The van der Waals surface area contributed by atoms with E-state index in [9.17, 15) is 14.0 Å². The number of nitrogens with one attached hydrogen (secondary N) is 1. The number of hydrogen-bond donors (Lipinski definition) is 1. The van der Waals surface area contributed by atoms with E-state index in [1.807, 2.05) is 13.8 Å². The molecule has 1 aromatic carbocycles. The molecule has 2 heterocycles. The highest BCUT2D eigenvalue weighted by Crippen LogP contribution is 2.30. The Kier molecular flexibility index (Phi) is 6.80. The molecule has 0 spiro atoms. The van der Waals surface area contributed by atoms with Crippen molar-refractivity contribution in [2.75, 3.05) is 32.7 Å². The lowest BCUT2D eigenvalue weighted by Crippen LogP contribution is -2.51. The lowest BCUT2D eigenvalue weighted by atomic mass is 10.2. The zero-order valence-corrected chi connectivity index (χ0v) is 17.1. The van der Waals surface area contributed by atoms with Crippen LogP contribution in [-0.4, -0.2) is 60.4 Å². The number of nitrogens with zero attached hydrogens (tertiary/aromatic N) is 2. The molecule has 1 aromatic heterocycles. The average molecular weight is 404 g/mol. The Morgan fingerprint density at radius 3 is 2.54 bits per heavy atom. The third-order valence-electron chi connectivity index (χ3n) is 5.00. The first-order valence-electron chi connectivity index (χ1n) is 9.63. The minimum absolute atomic E-state index is 0.0295. The Hall–Kier alpha value is -2.25. The summed E-state index contributed by atoms with van der Waals surface area (Å²) in [7, 11) is 0. The van der Waals surface area contributed by atoms with Gasteiger partial charge < -0.3 is 10.2 Å². The minimum Gasteiger partial charge on any atom is -0.353 e. The first-order valence-corrected chi connectivity index (χ1v) is 10.4. The second-order valence-corrected chi connectivity index (χ2v) is 8.17. The number of carbonyl (C=O) groups excluding carboxylic acids is 2. The SMILES string of the molecule is CCC(C)NC(=O)CN1CCN(C(=O)c2ccc(-c3ccccc3F)s2)CC1. The molecular formula is C21H26FN3O2S. The number of thiophene rings is 1. The zero-order valence-electron chi connectivity index (χ0n) is 16.3. The van der Waals surface area contributed by atoms with Crippen molar-refractivity contribution in [3.05, 3.63) is 47.1 Å². The molecule has 0 aliphatic carbocycles. The van der Waals surface area contributed by atoms with Gasteiger partial charge in [0.25, 0.3) is 5.91 Å². The van der Waals surface area contributed by atoms with Gasteiger partial charge in [0, 0.05) is 42.7 Å². The summed E-state index contributed by atoms with van der Waals surface area (Å²) in [5.41, 5.74) is 0.517. The predicted molar refractivity (Wildman–Crippen MR) is 110 cm³/mol. The molecule has 3 rings (SSSR count). The maximum Gasteiger partial charge on any atom is 0.264 e. The molecule has 1 unspecified atom stereocenters. The van der Waals surface area contributed by atoms with E-state index in [2.05, 4.69) is 10.2 Å². The molecule has 28 heavy (non-hydrogen) atoms. The van der Waals surface area contributed by atoms with Gasteiger partial charge >= 0.3 is 0 Å². The van der Waals surface area contributed by atoms with E-state index < -0.39 is 0 Å². The summed E-state index contributed by atoms with van der Waals surface area (Å²) >= 11 is 1.31. The van der Waals surface area contributed by atoms with Crippen LogP contribution in [0.4, 0.5) is 4.39 Å². The molecule has 0 bridgehead atoms. The van der Waals surface area contributed by atoms with Crippen LogP contribution in [-0.2, 0) is 4.79 Å². The molecule has 1 fully saturated rings. The van der Waals surface area contributed by atoms with Crippen molar-refractivity contribution in [2.45, 2.75) is 26.3 Å². The molecule has 1 aliphatic heterocycles. The molecule has 5 nitrogen and oxygen atoms in total. The summed E-state index contributed by atoms with van der Waals surface area (Å²) in [4.78, 5) is 30.0. The Bertz CT molecular complexity index is 831. The van der Waals surface area contributed by atoms with E-state index in [4.69, 9.17) is 0 Å². The minimum atomic E-state index is -0.285. The number of piperazine rings is 1. The van der Waals surface area contributed by atoms with Crippen LogP contribution in [0.5, 0.6) is 0 Å². The van der Waals surface area contributed by atoms with Crippen molar-refractivity contribution in [1.82, 2.24) is 15.1 Å². The van der Waals surface area contributed by atoms with Crippen LogP contribution in [0.15, 0.2) is 36.4 Å². The fourth-order valence-electron chi connectivity index (χ4n) is 3.15. The van der Waals surface area contributed by atoms with E-state index in [1.165, 1.54) is 17.4 Å². The van der Waals surface area contributed by atoms with Gasteiger partial charge in [-0.1, -0.05) is 25.1 Å². The highest BCUT2D eigenvalue weighted by molar-refractivity contribution is 7.17. The van der Waals surface area contributed by atoms with Gasteiger partial charge in [-0.15, -0.1) is 11.3 Å². The number of benzene rings is 1. The Morgan fingerprint density at radius 2 is 1.86 bits per heavy atom. The standard InChI is InChI=1S/C21H26FN3O2S/c1-3-15(2)23-20(26)14-24-10-12-25(13-11-24)21(27)19-9-8-18(28-19)16-6-4-5-7-17(16)22/h4-9,15H,3,10-14H2,1-2H3,(H,23,26). The van der Waals surface area contributed by atoms with Crippen LogP contribution in [0.3, 0.4) is 0 Å². The summed E-state index contributed by atoms with van der Waals surface area (Å²) in [5.74, 6) is -0.286. The van der Waals surface area contributed by atoms with Crippen molar-refractivity contribution in [1.29, 1.82) is 0 Å². The maximum absolute atomic E-state index is 14.0. The summed E-state index contributed by atoms with van der Waals surface area (Å²) in [6.07, 6.45) is 0.906. The highest BCUT2D eigenvalue weighted by Gasteiger charge is 2.24. The van der Waals surface area contributed by atoms with Gasteiger partial charge in [-0.25, -0.2) is 4.39 Å². The number of halogens is 1. The first-order chi connectivity index (χ1) is 13.5. The highest BCUT2D eigenvalue weighted by atomic mass is 32.1. The normalized spacial score (nSPS) is 16.0. The van der Waals surface area contributed by atoms with Crippen molar-refractivity contribution >= 4 is 23.2 Å². The lowest BCUT2D eigenvalue weighted by molar-refractivity contribution is -0.123. The number of hydrogen-bond acceptors (Lipinski definition) is 4. The molecule has 1 saturated heterocycles. The fourth-order valence-corrected chi connectivity index (χ4v) is 4.15. The maximum atomic E-state index is 14.0. The number of rotatable bonds is 6. The lowest BCUT2D eigenvalue weighted by Gasteiger charge is -2.34. The number of amides is 2. The first kappa shape index (κ1) is 20.5. The van der Waals surface area contributed by atoms with Crippen LogP contribution >= 0.6 is 11.3 Å². The molecule has 150 valence electrons. The zero-order chi connectivity index (χ0) is 20.1. The second kappa shape index (κ2) is 9.30. The molecule has 2 aromatic rings. The van der Waals surface area contributed by atoms with E-state index in [0.29, 0.717) is 43.2 Å². The van der Waals surface area contributed by atoms with Gasteiger partial charge in [0.2, 0.25) is 5.91 Å². The third-order valence-corrected chi connectivity index (χ3v) is 6.11. The molecule has 1 atom stereocenters. The van der Waals surface area contributed by atoms with Gasteiger partial charge in [-0.3, -0.25) is 14.5 Å². The molecule has 0 radical (unpaired) electrons. The van der Waals surface area contributed by atoms with Crippen LogP contribution < -0.4 is 5.32 Å². The van der Waals surface area contributed by atoms with Crippen molar-refractivity contribution < 1.29 is 14.0 Å². The summed E-state index contributed by atoms with van der Waals surface area (Å²) in [6, 6.07) is 10.3. The van der Waals surface area contributed by atoms with E-state index in [-0.39, 0.29) is 23.7 Å². The molecule has 2 amide bonds. The van der Waals surface area contributed by atoms with Gasteiger partial charge in [0.05, 0.1) is 11.4 Å². The third kappa shape index (κ3) is 4.97.